The summed E-state index contributed by atoms with van der Waals surface area (Å²) in [5, 5.41) is 182. The van der Waals surface area contributed by atoms with Gasteiger partial charge in [0.1, 0.15) is 122 Å². The van der Waals surface area contributed by atoms with Crippen LogP contribution in [0, 0.1) is 0 Å². The summed E-state index contributed by atoms with van der Waals surface area (Å²) in [7, 11) is 0. The van der Waals surface area contributed by atoms with E-state index in [4.69, 9.17) is 61.9 Å². The molecule has 30 heteroatoms. The largest absolute Gasteiger partial charge is 0.481 e. The molecule has 6 fully saturated rings. The second-order valence-corrected chi connectivity index (χ2v) is 21.4. The van der Waals surface area contributed by atoms with Gasteiger partial charge in [-0.05, 0) is 40.0 Å². The Morgan fingerprint density at radius 1 is 0.481 bits per heavy atom. The van der Waals surface area contributed by atoms with E-state index < -0.39 is 216 Å². The Morgan fingerprint density at radius 3 is 1.63 bits per heavy atom. The zero-order chi connectivity index (χ0) is 58.2. The number of aliphatic hydroxyl groups excluding tert-OH is 16. The van der Waals surface area contributed by atoms with E-state index >= 15 is 0 Å². The molecule has 17 N–H and O–H groups in total. The van der Waals surface area contributed by atoms with Crippen molar-refractivity contribution in [1.29, 1.82) is 0 Å². The maximum atomic E-state index is 11.9. The SMILES string of the molecule is CCCC(CCCCCCCC(O)CC(=O)O)O[C@@H]1O[C@H](CO[C@@H]2O[C@@H](C)[C@H](O[C@@H]3O[C@H](C)[C@@H](O)[C@H](O[C@@H]4O[C@@H](C)[C@@H](O)[C@@H](O)[C@H]4O)[C@H]3O)[C@@H](O)[C@H]2O)[C@@H](O)[C@H](O)[C@H]1O[C@@H]1O[C@H](CO)[C@@H](O)[C@H](O)[C@H]1O[C@@H]1OC[C@@H](O)[C@H](O)[C@H]1O. The van der Waals surface area contributed by atoms with Crippen LogP contribution in [0.3, 0.4) is 0 Å². The van der Waals surface area contributed by atoms with Crippen molar-refractivity contribution in [2.45, 2.75) is 282 Å². The zero-order valence-corrected chi connectivity index (χ0v) is 44.5. The maximum Gasteiger partial charge on any atom is 0.305 e. The maximum absolute atomic E-state index is 11.9. The Balaban J connectivity index is 1.14. The Kier molecular flexibility index (Phi) is 25.6. The molecular formula is C49H86O30. The normalized spacial score (nSPS) is 46.9. The third-order valence-corrected chi connectivity index (χ3v) is 15.3. The number of carbonyl (C=O) groups is 1. The highest BCUT2D eigenvalue weighted by Crippen LogP contribution is 2.36. The minimum absolute atomic E-state index is 0.328. The van der Waals surface area contributed by atoms with Gasteiger partial charge < -0.3 is 144 Å². The van der Waals surface area contributed by atoms with Crippen LogP contribution < -0.4 is 0 Å². The van der Waals surface area contributed by atoms with Gasteiger partial charge in [-0.2, -0.15) is 0 Å². The first kappa shape index (κ1) is 66.5. The first-order valence-electron chi connectivity index (χ1n) is 27.2. The van der Waals surface area contributed by atoms with E-state index in [0.717, 1.165) is 12.8 Å². The third kappa shape index (κ3) is 16.6. The monoisotopic (exact) mass is 1150 g/mol. The molecular weight excluding hydrogens is 1070 g/mol. The van der Waals surface area contributed by atoms with Crippen LogP contribution in [-0.2, 0) is 61.6 Å². The van der Waals surface area contributed by atoms with Crippen molar-refractivity contribution in [2.24, 2.45) is 0 Å². The number of aliphatic carboxylic acids is 1. The van der Waals surface area contributed by atoms with Gasteiger partial charge in [0.2, 0.25) is 0 Å². The lowest BCUT2D eigenvalue weighted by atomic mass is 9.96. The summed E-state index contributed by atoms with van der Waals surface area (Å²) in [4.78, 5) is 10.9. The molecule has 0 saturated carbocycles. The van der Waals surface area contributed by atoms with Crippen LogP contribution in [0.2, 0.25) is 0 Å². The van der Waals surface area contributed by atoms with Gasteiger partial charge in [0.15, 0.2) is 37.7 Å². The highest BCUT2D eigenvalue weighted by Gasteiger charge is 2.56. The molecule has 79 heavy (non-hydrogen) atoms. The average molecular weight is 1160 g/mol. The van der Waals surface area contributed by atoms with E-state index in [9.17, 15) is 86.5 Å². The number of aliphatic hydroxyl groups is 16. The molecule has 6 aliphatic heterocycles. The van der Waals surface area contributed by atoms with Gasteiger partial charge in [0, 0.05) is 0 Å². The van der Waals surface area contributed by atoms with Gasteiger partial charge in [0.25, 0.3) is 0 Å². The highest BCUT2D eigenvalue weighted by atomic mass is 16.8. The van der Waals surface area contributed by atoms with Gasteiger partial charge in [-0.1, -0.05) is 45.4 Å². The number of carboxylic acids is 1. The molecule has 0 aliphatic carbocycles. The molecule has 0 aromatic heterocycles. The van der Waals surface area contributed by atoms with Crippen molar-refractivity contribution in [3.8, 4) is 0 Å². The summed E-state index contributed by atoms with van der Waals surface area (Å²) in [6, 6.07) is 0. The molecule has 30 nitrogen and oxygen atoms in total. The number of rotatable bonds is 26. The van der Waals surface area contributed by atoms with Crippen molar-refractivity contribution in [1.82, 2.24) is 0 Å². The Morgan fingerprint density at radius 2 is 0.987 bits per heavy atom. The van der Waals surface area contributed by atoms with Crippen LogP contribution >= 0.6 is 0 Å². The predicted molar refractivity (Wildman–Crippen MR) is 257 cm³/mol. The molecule has 6 saturated heterocycles. The lowest BCUT2D eigenvalue weighted by Crippen LogP contribution is -2.67. The molecule has 0 aromatic rings. The molecule has 0 aromatic carbocycles. The smallest absolute Gasteiger partial charge is 0.305 e. The molecule has 462 valence electrons. The van der Waals surface area contributed by atoms with E-state index in [-0.39, 0.29) is 6.42 Å². The van der Waals surface area contributed by atoms with Crippen molar-refractivity contribution in [3.63, 3.8) is 0 Å². The van der Waals surface area contributed by atoms with Crippen LogP contribution in [-0.4, -0.2) is 303 Å². The van der Waals surface area contributed by atoms with Crippen molar-refractivity contribution in [3.05, 3.63) is 0 Å². The van der Waals surface area contributed by atoms with Crippen LogP contribution in [0.25, 0.3) is 0 Å². The first-order valence-corrected chi connectivity index (χ1v) is 27.2. The van der Waals surface area contributed by atoms with Crippen LogP contribution in [0.5, 0.6) is 0 Å². The molecule has 0 amide bonds. The molecule has 0 bridgehead atoms. The Bertz CT molecular complexity index is 1800. The highest BCUT2D eigenvalue weighted by molar-refractivity contribution is 5.67. The summed E-state index contributed by atoms with van der Waals surface area (Å²) in [6.45, 7) is 4.09. The Hall–Kier alpha value is -1.65. The summed E-state index contributed by atoms with van der Waals surface area (Å²) >= 11 is 0. The predicted octanol–water partition coefficient (Wildman–Crippen LogP) is -6.62. The number of carboxylic acid groups (broad SMARTS) is 1. The van der Waals surface area contributed by atoms with Crippen molar-refractivity contribution >= 4 is 5.97 Å². The van der Waals surface area contributed by atoms with Crippen LogP contribution in [0.15, 0.2) is 0 Å². The number of hydrogen-bond acceptors (Lipinski definition) is 29. The lowest BCUT2D eigenvalue weighted by molar-refractivity contribution is -0.394. The standard InChI is InChI=1S/C49H86O30/c1-5-11-22(13-10-8-6-7-9-12-21(51)14-26(53)54)73-48-42(79-49-43(33(61)30(58)24(15-50)74-49)78-45-36(64)29(57)23(52)16-68-45)34(62)31(59)25(75-48)17-69-44-38(66)35(63)40(20(4)72-44)76-47-39(67)41(28(56)19(3)71-47)77-46-37(65)32(60)27(55)18(2)70-46/h18-25,27-52,55-67H,5-17H2,1-4H3,(H,53,54)/t18-,19+,20-,21?,22?,23+,24+,25+,27+,28+,29-,30+,31+,32+,33-,34-,35-,36+,37+,38+,39+,40-,41-,42+,43+,44+,45-,46-,47-,48+,49-/m0/s1. The molecule has 2 unspecified atom stereocenters. The summed E-state index contributed by atoms with van der Waals surface area (Å²) < 4.78 is 70.6. The van der Waals surface area contributed by atoms with Gasteiger partial charge in [-0.3, -0.25) is 4.79 Å². The summed E-state index contributed by atoms with van der Waals surface area (Å²) in [5.74, 6) is -1.09. The quantitative estimate of drug-likeness (QED) is 0.0358. The van der Waals surface area contributed by atoms with E-state index in [0.29, 0.717) is 44.9 Å². The topological polar surface area (TPSA) is 472 Å². The molecule has 31 atom stereocenters. The van der Waals surface area contributed by atoms with Crippen LogP contribution in [0.4, 0.5) is 0 Å². The minimum atomic E-state index is -1.97. The number of hydrogen-bond donors (Lipinski definition) is 17. The summed E-state index contributed by atoms with van der Waals surface area (Å²) in [6.07, 6.45) is -44.7. The van der Waals surface area contributed by atoms with E-state index in [1.165, 1.54) is 20.8 Å². The second kappa shape index (κ2) is 30.4. The fourth-order valence-corrected chi connectivity index (χ4v) is 10.4. The van der Waals surface area contributed by atoms with Crippen molar-refractivity contribution in [2.75, 3.05) is 19.8 Å². The van der Waals surface area contributed by atoms with Gasteiger partial charge >= 0.3 is 5.97 Å². The average Bonchev–Trinajstić information content (AvgIpc) is 3.50. The molecule has 0 radical (unpaired) electrons. The number of unbranched alkanes of at least 4 members (excludes halogenated alkanes) is 4. The molecule has 6 aliphatic rings. The minimum Gasteiger partial charge on any atom is -0.481 e. The Labute approximate surface area is 455 Å². The zero-order valence-electron chi connectivity index (χ0n) is 44.5. The lowest BCUT2D eigenvalue weighted by Gasteiger charge is -2.49. The summed E-state index contributed by atoms with van der Waals surface area (Å²) in [5.41, 5.74) is 0. The van der Waals surface area contributed by atoms with E-state index in [2.05, 4.69) is 0 Å². The third-order valence-electron chi connectivity index (χ3n) is 15.3. The fourth-order valence-electron chi connectivity index (χ4n) is 10.4. The van der Waals surface area contributed by atoms with E-state index in [1.807, 2.05) is 6.92 Å². The van der Waals surface area contributed by atoms with Gasteiger partial charge in [0.05, 0.1) is 56.8 Å². The molecule has 6 heterocycles. The number of ether oxygens (including phenoxy) is 12. The fraction of sp³-hybridized carbons (Fsp3) is 0.980. The first-order chi connectivity index (χ1) is 37.4. The van der Waals surface area contributed by atoms with Crippen LogP contribution in [0.1, 0.15) is 91.9 Å². The van der Waals surface area contributed by atoms with Gasteiger partial charge in [-0.15, -0.1) is 0 Å². The van der Waals surface area contributed by atoms with E-state index in [1.54, 1.807) is 0 Å². The molecule has 6 rings (SSSR count). The second-order valence-electron chi connectivity index (χ2n) is 21.4. The van der Waals surface area contributed by atoms with Gasteiger partial charge in [-0.25, -0.2) is 0 Å². The molecule has 0 spiro atoms. The van der Waals surface area contributed by atoms with Crippen molar-refractivity contribution < 1.29 is 148 Å².